The molecule has 0 radical (unpaired) electrons. The number of carbonyl (C=O) groups is 3. The number of benzene rings is 2. The lowest BCUT2D eigenvalue weighted by Gasteiger charge is -2.26. The van der Waals surface area contributed by atoms with Gasteiger partial charge in [0.05, 0.1) is 0 Å². The molecule has 0 unspecified atom stereocenters. The van der Waals surface area contributed by atoms with Crippen LogP contribution in [0.15, 0.2) is 54.6 Å². The molecular formula is C26H34FN3O4. The number of halogens is 1. The molecule has 0 aliphatic rings. The van der Waals surface area contributed by atoms with Crippen LogP contribution in [0, 0.1) is 11.7 Å². The fourth-order valence-corrected chi connectivity index (χ4v) is 3.25. The van der Waals surface area contributed by atoms with Gasteiger partial charge in [0, 0.05) is 12.1 Å². The lowest BCUT2D eigenvalue weighted by atomic mass is 10.0. The molecule has 2 rings (SSSR count). The molecule has 184 valence electrons. The van der Waals surface area contributed by atoms with E-state index in [1.165, 1.54) is 24.3 Å². The van der Waals surface area contributed by atoms with Crippen molar-refractivity contribution in [3.8, 4) is 0 Å². The SMILES string of the molecule is CC(C)C[C@@H](NC(=O)OC(C)(C)C)C(=O)N[C@@H](Cc1ccccc1)C(=O)Nc1ccc(F)cc1. The summed E-state index contributed by atoms with van der Waals surface area (Å²) >= 11 is 0. The van der Waals surface area contributed by atoms with E-state index in [4.69, 9.17) is 4.74 Å². The van der Waals surface area contributed by atoms with Crippen molar-refractivity contribution in [1.82, 2.24) is 10.6 Å². The highest BCUT2D eigenvalue weighted by Crippen LogP contribution is 2.13. The van der Waals surface area contributed by atoms with Crippen molar-refractivity contribution in [2.75, 3.05) is 5.32 Å². The van der Waals surface area contributed by atoms with Crippen molar-refractivity contribution in [3.05, 3.63) is 66.0 Å². The highest BCUT2D eigenvalue weighted by molar-refractivity contribution is 5.98. The van der Waals surface area contributed by atoms with E-state index in [1.807, 2.05) is 44.2 Å². The molecule has 0 saturated carbocycles. The smallest absolute Gasteiger partial charge is 0.408 e. The summed E-state index contributed by atoms with van der Waals surface area (Å²) < 4.78 is 18.5. The number of hydrogen-bond donors (Lipinski definition) is 3. The maximum atomic E-state index is 13.2. The lowest BCUT2D eigenvalue weighted by Crippen LogP contribution is -2.54. The molecule has 0 aliphatic carbocycles. The standard InChI is InChI=1S/C26H34FN3O4/c1-17(2)15-21(30-25(33)34-26(3,4)5)24(32)29-22(16-18-9-7-6-8-10-18)23(31)28-20-13-11-19(27)12-14-20/h6-14,17,21-22H,15-16H2,1-5H3,(H,28,31)(H,29,32)(H,30,33)/t21-,22+/m1/s1. The monoisotopic (exact) mass is 471 g/mol. The predicted molar refractivity (Wildman–Crippen MR) is 130 cm³/mol. The van der Waals surface area contributed by atoms with E-state index >= 15 is 0 Å². The summed E-state index contributed by atoms with van der Waals surface area (Å²) in [4.78, 5) is 38.5. The second kappa shape index (κ2) is 12.2. The Morgan fingerprint density at radius 3 is 2.06 bits per heavy atom. The van der Waals surface area contributed by atoms with E-state index in [-0.39, 0.29) is 12.3 Å². The van der Waals surface area contributed by atoms with Crippen molar-refractivity contribution in [1.29, 1.82) is 0 Å². The molecule has 3 N–H and O–H groups in total. The zero-order valence-corrected chi connectivity index (χ0v) is 20.4. The summed E-state index contributed by atoms with van der Waals surface area (Å²) in [5.74, 6) is -1.26. The average molecular weight is 472 g/mol. The van der Waals surface area contributed by atoms with Gasteiger partial charge in [0.25, 0.3) is 0 Å². The van der Waals surface area contributed by atoms with E-state index in [9.17, 15) is 18.8 Å². The van der Waals surface area contributed by atoms with E-state index in [2.05, 4.69) is 16.0 Å². The third-order valence-electron chi connectivity index (χ3n) is 4.74. The first-order valence-corrected chi connectivity index (χ1v) is 11.3. The highest BCUT2D eigenvalue weighted by Gasteiger charge is 2.29. The Bertz CT molecular complexity index is 956. The molecule has 0 saturated heterocycles. The molecule has 0 heterocycles. The molecule has 0 aliphatic heterocycles. The van der Waals surface area contributed by atoms with Crippen molar-refractivity contribution >= 4 is 23.6 Å². The van der Waals surface area contributed by atoms with Gasteiger partial charge in [-0.2, -0.15) is 0 Å². The van der Waals surface area contributed by atoms with Crippen molar-refractivity contribution in [2.45, 2.75) is 65.1 Å². The molecule has 0 aromatic heterocycles. The highest BCUT2D eigenvalue weighted by atomic mass is 19.1. The number of nitrogens with one attached hydrogen (secondary N) is 3. The molecule has 2 aromatic carbocycles. The fourth-order valence-electron chi connectivity index (χ4n) is 3.25. The summed E-state index contributed by atoms with van der Waals surface area (Å²) in [5.41, 5.74) is 0.542. The lowest BCUT2D eigenvalue weighted by molar-refractivity contribution is -0.128. The topological polar surface area (TPSA) is 96.5 Å². The van der Waals surface area contributed by atoms with Crippen LogP contribution in [0.25, 0.3) is 0 Å². The Balaban J connectivity index is 2.19. The van der Waals surface area contributed by atoms with Crippen LogP contribution in [0.1, 0.15) is 46.6 Å². The first-order chi connectivity index (χ1) is 15.9. The second-order valence-electron chi connectivity index (χ2n) is 9.58. The Morgan fingerprint density at radius 2 is 1.50 bits per heavy atom. The van der Waals surface area contributed by atoms with Crippen LogP contribution in [0.3, 0.4) is 0 Å². The minimum atomic E-state index is -0.921. The van der Waals surface area contributed by atoms with Gasteiger partial charge in [0.1, 0.15) is 23.5 Å². The van der Waals surface area contributed by atoms with Gasteiger partial charge >= 0.3 is 6.09 Å². The van der Waals surface area contributed by atoms with E-state index in [0.717, 1.165) is 5.56 Å². The third-order valence-corrected chi connectivity index (χ3v) is 4.74. The summed E-state index contributed by atoms with van der Waals surface area (Å²) in [7, 11) is 0. The quantitative estimate of drug-likeness (QED) is 0.504. The van der Waals surface area contributed by atoms with Crippen LogP contribution < -0.4 is 16.0 Å². The van der Waals surface area contributed by atoms with Crippen LogP contribution in [0.5, 0.6) is 0 Å². The van der Waals surface area contributed by atoms with Crippen molar-refractivity contribution in [2.24, 2.45) is 5.92 Å². The van der Waals surface area contributed by atoms with Gasteiger partial charge in [-0.1, -0.05) is 44.2 Å². The molecule has 0 bridgehead atoms. The summed E-state index contributed by atoms with van der Waals surface area (Å²) in [5, 5.41) is 8.11. The van der Waals surface area contributed by atoms with Crippen molar-refractivity contribution < 1.29 is 23.5 Å². The Kier molecular flexibility index (Phi) is 9.59. The minimum Gasteiger partial charge on any atom is -0.444 e. The molecule has 2 atom stereocenters. The first-order valence-electron chi connectivity index (χ1n) is 11.3. The molecular weight excluding hydrogens is 437 g/mol. The first kappa shape index (κ1) is 26.8. The zero-order valence-electron chi connectivity index (χ0n) is 20.4. The molecule has 7 nitrogen and oxygen atoms in total. The van der Waals surface area contributed by atoms with Gasteiger partial charge in [-0.3, -0.25) is 9.59 Å². The maximum absolute atomic E-state index is 13.2. The normalized spacial score (nSPS) is 13.0. The summed E-state index contributed by atoms with van der Waals surface area (Å²) in [6, 6.07) is 12.8. The van der Waals surface area contributed by atoms with Crippen LogP contribution in [0.2, 0.25) is 0 Å². The van der Waals surface area contributed by atoms with E-state index in [1.54, 1.807) is 20.8 Å². The summed E-state index contributed by atoms with van der Waals surface area (Å²) in [6.45, 7) is 9.07. The van der Waals surface area contributed by atoms with E-state index in [0.29, 0.717) is 12.1 Å². The van der Waals surface area contributed by atoms with Crippen LogP contribution in [-0.4, -0.2) is 35.6 Å². The zero-order chi connectivity index (χ0) is 25.3. The molecule has 8 heteroatoms. The molecule has 3 amide bonds. The van der Waals surface area contributed by atoms with Crippen molar-refractivity contribution in [3.63, 3.8) is 0 Å². The molecule has 0 fully saturated rings. The minimum absolute atomic E-state index is 0.103. The van der Waals surface area contributed by atoms with Crippen LogP contribution in [0.4, 0.5) is 14.9 Å². The van der Waals surface area contributed by atoms with Gasteiger partial charge in [0.15, 0.2) is 0 Å². The Hall–Kier alpha value is -3.42. The summed E-state index contributed by atoms with van der Waals surface area (Å²) in [6.07, 6.45) is -0.105. The van der Waals surface area contributed by atoms with Gasteiger partial charge < -0.3 is 20.7 Å². The van der Waals surface area contributed by atoms with Crippen LogP contribution >= 0.6 is 0 Å². The predicted octanol–water partition coefficient (Wildman–Crippen LogP) is 4.43. The Labute approximate surface area is 200 Å². The Morgan fingerprint density at radius 1 is 0.882 bits per heavy atom. The third kappa shape index (κ3) is 9.60. The number of hydrogen-bond acceptors (Lipinski definition) is 4. The van der Waals surface area contributed by atoms with Gasteiger partial charge in [-0.15, -0.1) is 0 Å². The number of alkyl carbamates (subject to hydrolysis) is 1. The number of anilines is 1. The molecule has 0 spiro atoms. The number of rotatable bonds is 9. The molecule has 34 heavy (non-hydrogen) atoms. The van der Waals surface area contributed by atoms with Gasteiger partial charge in [-0.05, 0) is 62.9 Å². The van der Waals surface area contributed by atoms with Crippen LogP contribution in [-0.2, 0) is 20.7 Å². The fraction of sp³-hybridized carbons (Fsp3) is 0.423. The maximum Gasteiger partial charge on any atom is 0.408 e. The largest absolute Gasteiger partial charge is 0.444 e. The van der Waals surface area contributed by atoms with Gasteiger partial charge in [0.2, 0.25) is 11.8 Å². The van der Waals surface area contributed by atoms with E-state index < -0.39 is 41.4 Å². The number of carbonyl (C=O) groups excluding carboxylic acids is 3. The average Bonchev–Trinajstić information content (AvgIpc) is 2.73. The number of ether oxygens (including phenoxy) is 1. The number of amides is 3. The molecule has 2 aromatic rings. The second-order valence-corrected chi connectivity index (χ2v) is 9.58. The van der Waals surface area contributed by atoms with Gasteiger partial charge in [-0.25, -0.2) is 9.18 Å².